The second-order valence-corrected chi connectivity index (χ2v) is 6.66. The molecule has 0 unspecified atom stereocenters. The molecule has 7 nitrogen and oxygen atoms in total. The number of benzene rings is 2. The summed E-state index contributed by atoms with van der Waals surface area (Å²) >= 11 is 1.38. The van der Waals surface area contributed by atoms with Crippen molar-refractivity contribution < 1.29 is 9.15 Å². The summed E-state index contributed by atoms with van der Waals surface area (Å²) < 4.78 is 10.7. The number of nitrogens with one attached hydrogen (secondary N) is 1. The number of nitrogen functional groups attached to an aromatic ring is 2. The third-order valence-electron chi connectivity index (χ3n) is 4.10. The van der Waals surface area contributed by atoms with Gasteiger partial charge in [-0.25, -0.2) is 9.78 Å². The number of methoxy groups -OCH3 is 1. The number of anilines is 4. The zero-order chi connectivity index (χ0) is 19.0. The topological polar surface area (TPSA) is 116 Å². The summed E-state index contributed by atoms with van der Waals surface area (Å²) in [6, 6.07) is 12.7. The molecule has 0 radical (unpaired) electrons. The van der Waals surface area contributed by atoms with Crippen LogP contribution in [0.25, 0.3) is 22.2 Å². The van der Waals surface area contributed by atoms with Crippen molar-refractivity contribution in [3.63, 3.8) is 0 Å². The van der Waals surface area contributed by atoms with Crippen LogP contribution in [-0.2, 0) is 0 Å². The summed E-state index contributed by atoms with van der Waals surface area (Å²) in [7, 11) is 1.60. The first-order valence-electron chi connectivity index (χ1n) is 8.04. The summed E-state index contributed by atoms with van der Waals surface area (Å²) in [6.45, 7) is 0. The van der Waals surface area contributed by atoms with E-state index in [-0.39, 0.29) is 11.3 Å². The first kappa shape index (κ1) is 16.9. The minimum absolute atomic E-state index is 0.257. The van der Waals surface area contributed by atoms with Gasteiger partial charge in [-0.15, -0.1) is 11.3 Å². The predicted molar refractivity (Wildman–Crippen MR) is 109 cm³/mol. The maximum absolute atomic E-state index is 12.4. The highest BCUT2D eigenvalue weighted by Crippen LogP contribution is 2.32. The molecule has 0 fully saturated rings. The Balaban J connectivity index is 1.72. The lowest BCUT2D eigenvalue weighted by Gasteiger charge is -2.08. The van der Waals surface area contributed by atoms with Gasteiger partial charge >= 0.3 is 5.63 Å². The van der Waals surface area contributed by atoms with Gasteiger partial charge in [0, 0.05) is 10.8 Å². The van der Waals surface area contributed by atoms with Gasteiger partial charge in [0.1, 0.15) is 5.75 Å². The van der Waals surface area contributed by atoms with Crippen molar-refractivity contribution >= 4 is 44.5 Å². The van der Waals surface area contributed by atoms with Crippen LogP contribution in [0.2, 0.25) is 0 Å². The Morgan fingerprint density at radius 2 is 2.00 bits per heavy atom. The second-order valence-electron chi connectivity index (χ2n) is 5.80. The minimum Gasteiger partial charge on any atom is -0.495 e. The molecule has 4 rings (SSSR count). The molecule has 0 aliphatic rings. The molecule has 8 heteroatoms. The Hall–Kier alpha value is -3.52. The SMILES string of the molecule is COc1ccccc1Nc1nc(-c2cc3ccc(N)c(N)c3oc2=O)cs1. The number of hydrogen-bond acceptors (Lipinski definition) is 8. The van der Waals surface area contributed by atoms with Crippen LogP contribution in [0, 0.1) is 0 Å². The maximum Gasteiger partial charge on any atom is 0.345 e. The molecule has 0 aliphatic heterocycles. The number of aromatic nitrogens is 1. The Bertz CT molecular complexity index is 1200. The van der Waals surface area contributed by atoms with Gasteiger partial charge in [0.2, 0.25) is 0 Å². The standard InChI is InChI=1S/C19H16N4O3S/c1-25-15-5-3-2-4-13(15)22-19-23-14(9-27-19)11-8-10-6-7-12(20)16(21)17(10)26-18(11)24/h2-9H,20-21H2,1H3,(H,22,23). The van der Waals surface area contributed by atoms with E-state index in [0.29, 0.717) is 33.2 Å². The van der Waals surface area contributed by atoms with Crippen molar-refractivity contribution in [2.45, 2.75) is 0 Å². The number of hydrogen-bond donors (Lipinski definition) is 3. The van der Waals surface area contributed by atoms with Gasteiger partial charge in [-0.2, -0.15) is 0 Å². The van der Waals surface area contributed by atoms with Crippen molar-refractivity contribution in [3.05, 3.63) is 58.3 Å². The van der Waals surface area contributed by atoms with Crippen molar-refractivity contribution in [2.24, 2.45) is 0 Å². The number of nitrogens with two attached hydrogens (primary N) is 2. The number of thiazole rings is 1. The largest absolute Gasteiger partial charge is 0.495 e. The summed E-state index contributed by atoms with van der Waals surface area (Å²) in [5, 5.41) is 6.30. The van der Waals surface area contributed by atoms with Gasteiger partial charge in [-0.1, -0.05) is 12.1 Å². The highest BCUT2D eigenvalue weighted by molar-refractivity contribution is 7.14. The predicted octanol–water partition coefficient (Wildman–Crippen LogP) is 3.83. The van der Waals surface area contributed by atoms with Crippen molar-refractivity contribution in [3.8, 4) is 17.0 Å². The quantitative estimate of drug-likeness (QED) is 0.364. The summed E-state index contributed by atoms with van der Waals surface area (Å²) in [4.78, 5) is 16.9. The van der Waals surface area contributed by atoms with E-state index < -0.39 is 5.63 Å². The Morgan fingerprint density at radius 1 is 1.19 bits per heavy atom. The van der Waals surface area contributed by atoms with E-state index in [1.54, 1.807) is 30.7 Å². The molecule has 0 bridgehead atoms. The third kappa shape index (κ3) is 3.06. The molecular weight excluding hydrogens is 364 g/mol. The second kappa shape index (κ2) is 6.65. The number of rotatable bonds is 4. The monoisotopic (exact) mass is 380 g/mol. The van der Waals surface area contributed by atoms with E-state index >= 15 is 0 Å². The first-order valence-corrected chi connectivity index (χ1v) is 8.92. The molecule has 0 atom stereocenters. The molecule has 2 aromatic heterocycles. The fourth-order valence-electron chi connectivity index (χ4n) is 2.72. The highest BCUT2D eigenvalue weighted by atomic mass is 32.1. The molecule has 4 aromatic rings. The molecule has 2 heterocycles. The van der Waals surface area contributed by atoms with Gasteiger partial charge < -0.3 is 25.9 Å². The smallest absolute Gasteiger partial charge is 0.345 e. The van der Waals surface area contributed by atoms with Crippen molar-refractivity contribution in [1.29, 1.82) is 0 Å². The van der Waals surface area contributed by atoms with Gasteiger partial charge in [0.15, 0.2) is 10.7 Å². The molecule has 0 saturated heterocycles. The molecule has 136 valence electrons. The Labute approximate surface area is 158 Å². The average molecular weight is 380 g/mol. The van der Waals surface area contributed by atoms with Crippen LogP contribution in [-0.4, -0.2) is 12.1 Å². The van der Waals surface area contributed by atoms with Gasteiger partial charge in [-0.3, -0.25) is 0 Å². The van der Waals surface area contributed by atoms with Crippen LogP contribution in [0.4, 0.5) is 22.2 Å². The summed E-state index contributed by atoms with van der Waals surface area (Å²) in [5.41, 5.74) is 13.7. The number of para-hydroxylation sites is 2. The Morgan fingerprint density at radius 3 is 2.81 bits per heavy atom. The lowest BCUT2D eigenvalue weighted by molar-refractivity contribution is 0.417. The first-order chi connectivity index (χ1) is 13.1. The van der Waals surface area contributed by atoms with Crippen LogP contribution in [0.15, 0.2) is 57.1 Å². The molecule has 5 N–H and O–H groups in total. The lowest BCUT2D eigenvalue weighted by Crippen LogP contribution is -2.05. The van der Waals surface area contributed by atoms with E-state index in [4.69, 9.17) is 20.6 Å². The Kier molecular flexibility index (Phi) is 4.17. The van der Waals surface area contributed by atoms with E-state index in [2.05, 4.69) is 10.3 Å². The fourth-order valence-corrected chi connectivity index (χ4v) is 3.44. The zero-order valence-corrected chi connectivity index (χ0v) is 15.2. The number of fused-ring (bicyclic) bond motifs is 1. The van der Waals surface area contributed by atoms with Gasteiger partial charge in [0.05, 0.1) is 35.4 Å². The van der Waals surface area contributed by atoms with Gasteiger partial charge in [0.25, 0.3) is 0 Å². The molecular formula is C19H16N4O3S. The zero-order valence-electron chi connectivity index (χ0n) is 14.4. The van der Waals surface area contributed by atoms with Crippen LogP contribution < -0.4 is 27.1 Å². The number of nitrogens with zero attached hydrogens (tertiary/aromatic N) is 1. The van der Waals surface area contributed by atoms with Crippen LogP contribution in [0.5, 0.6) is 5.75 Å². The normalized spacial score (nSPS) is 10.9. The molecule has 2 aromatic carbocycles. The fraction of sp³-hybridized carbons (Fsp3) is 0.0526. The van der Waals surface area contributed by atoms with Crippen LogP contribution in [0.3, 0.4) is 0 Å². The van der Waals surface area contributed by atoms with E-state index in [0.717, 1.165) is 5.69 Å². The van der Waals surface area contributed by atoms with E-state index in [9.17, 15) is 4.79 Å². The lowest BCUT2D eigenvalue weighted by atomic mass is 10.1. The third-order valence-corrected chi connectivity index (χ3v) is 4.86. The molecule has 0 aliphatic carbocycles. The minimum atomic E-state index is -0.519. The van der Waals surface area contributed by atoms with E-state index in [1.807, 2.05) is 24.3 Å². The molecule has 27 heavy (non-hydrogen) atoms. The van der Waals surface area contributed by atoms with Crippen molar-refractivity contribution in [2.75, 3.05) is 23.9 Å². The van der Waals surface area contributed by atoms with Gasteiger partial charge in [-0.05, 0) is 30.3 Å². The molecule has 0 spiro atoms. The summed E-state index contributed by atoms with van der Waals surface area (Å²) in [6.07, 6.45) is 0. The maximum atomic E-state index is 12.4. The highest BCUT2D eigenvalue weighted by Gasteiger charge is 2.14. The van der Waals surface area contributed by atoms with Crippen LogP contribution >= 0.6 is 11.3 Å². The number of ether oxygens (including phenoxy) is 1. The van der Waals surface area contributed by atoms with Crippen molar-refractivity contribution in [1.82, 2.24) is 4.98 Å². The summed E-state index contributed by atoms with van der Waals surface area (Å²) in [5.74, 6) is 0.701. The molecule has 0 amide bonds. The van der Waals surface area contributed by atoms with Crippen LogP contribution in [0.1, 0.15) is 0 Å². The van der Waals surface area contributed by atoms with E-state index in [1.165, 1.54) is 11.3 Å². The molecule has 0 saturated carbocycles. The average Bonchev–Trinajstić information content (AvgIpc) is 3.13.